The molecule has 2 amide bonds. The van der Waals surface area contributed by atoms with Crippen molar-refractivity contribution in [2.75, 3.05) is 0 Å². The fraction of sp³-hybridized carbons (Fsp3) is 0.440. The van der Waals surface area contributed by atoms with Gasteiger partial charge in [-0.15, -0.1) is 16.4 Å². The van der Waals surface area contributed by atoms with Gasteiger partial charge in [-0.3, -0.25) is 9.59 Å². The van der Waals surface area contributed by atoms with E-state index in [9.17, 15) is 9.59 Å². The molecule has 5 rings (SSSR count). The van der Waals surface area contributed by atoms with Crippen LogP contribution in [0.5, 0.6) is 0 Å². The van der Waals surface area contributed by atoms with Gasteiger partial charge in [0.2, 0.25) is 5.91 Å². The number of fused-ring (bicyclic) bond motifs is 1. The van der Waals surface area contributed by atoms with Crippen LogP contribution in [-0.2, 0) is 17.8 Å². The first-order valence-electron chi connectivity index (χ1n) is 12.4. The lowest BCUT2D eigenvalue weighted by atomic mass is 10.1. The molecule has 4 aromatic rings. The number of amides is 2. The van der Waals surface area contributed by atoms with Crippen LogP contribution < -0.4 is 5.32 Å². The van der Waals surface area contributed by atoms with Gasteiger partial charge in [-0.1, -0.05) is 19.9 Å². The molecule has 1 aromatic carbocycles. The summed E-state index contributed by atoms with van der Waals surface area (Å²) >= 11 is 1.72. The molecule has 11 heteroatoms. The first-order valence-corrected chi connectivity index (χ1v) is 13.2. The fourth-order valence-electron chi connectivity index (χ4n) is 5.03. The predicted molar refractivity (Wildman–Crippen MR) is 137 cm³/mol. The van der Waals surface area contributed by atoms with E-state index in [4.69, 9.17) is 4.98 Å². The zero-order valence-corrected chi connectivity index (χ0v) is 21.5. The molecule has 36 heavy (non-hydrogen) atoms. The second-order valence-electron chi connectivity index (χ2n) is 9.25. The molecule has 1 aliphatic heterocycles. The standard InChI is InChI=1S/C25H30N8O2S/c1-4-17(5-2)33-21-9-8-16(12-19(21)26-23(33)13-18-7-6-10-36-18)24(34)27-20-11-15(3)32(25(20)35)14-22-28-30-31-29-22/h6-10,12,15,17,20H,4-5,11,13-14H2,1-3H3,(H,27,34)(H,28,29,30,31)/t15?,20-/m0/s1. The third-order valence-corrected chi connectivity index (χ3v) is 7.83. The Labute approximate surface area is 213 Å². The van der Waals surface area contributed by atoms with Crippen LogP contribution in [0.2, 0.25) is 0 Å². The Hall–Kier alpha value is -3.60. The molecule has 2 atom stereocenters. The van der Waals surface area contributed by atoms with E-state index >= 15 is 0 Å². The maximum Gasteiger partial charge on any atom is 0.252 e. The molecule has 0 radical (unpaired) electrons. The Balaban J connectivity index is 1.37. The van der Waals surface area contributed by atoms with Gasteiger partial charge >= 0.3 is 0 Å². The van der Waals surface area contributed by atoms with E-state index in [0.29, 0.717) is 23.9 Å². The first-order chi connectivity index (χ1) is 17.5. The number of hydrogen-bond acceptors (Lipinski definition) is 7. The van der Waals surface area contributed by atoms with Crippen molar-refractivity contribution in [3.8, 4) is 0 Å². The van der Waals surface area contributed by atoms with Crippen molar-refractivity contribution < 1.29 is 9.59 Å². The van der Waals surface area contributed by atoms with Crippen molar-refractivity contribution in [3.63, 3.8) is 0 Å². The highest BCUT2D eigenvalue weighted by molar-refractivity contribution is 7.09. The molecule has 0 bridgehead atoms. The number of tetrazole rings is 1. The molecular weight excluding hydrogens is 476 g/mol. The van der Waals surface area contributed by atoms with Crippen LogP contribution in [0.1, 0.15) is 73.0 Å². The molecule has 0 saturated carbocycles. The number of nitrogens with one attached hydrogen (secondary N) is 2. The van der Waals surface area contributed by atoms with Crippen molar-refractivity contribution >= 4 is 34.2 Å². The number of imidazole rings is 1. The number of H-pyrrole nitrogens is 1. The number of hydrogen-bond donors (Lipinski definition) is 2. The Morgan fingerprint density at radius 1 is 1.28 bits per heavy atom. The van der Waals surface area contributed by atoms with E-state index in [-0.39, 0.29) is 24.4 Å². The van der Waals surface area contributed by atoms with Gasteiger partial charge in [0.15, 0.2) is 5.82 Å². The summed E-state index contributed by atoms with van der Waals surface area (Å²) in [6.07, 6.45) is 3.30. The predicted octanol–water partition coefficient (Wildman–Crippen LogP) is 3.48. The van der Waals surface area contributed by atoms with Gasteiger partial charge in [-0.05, 0) is 66.3 Å². The molecule has 1 fully saturated rings. The van der Waals surface area contributed by atoms with E-state index in [2.05, 4.69) is 61.9 Å². The highest BCUT2D eigenvalue weighted by Crippen LogP contribution is 2.29. The maximum absolute atomic E-state index is 13.2. The highest BCUT2D eigenvalue weighted by atomic mass is 32.1. The summed E-state index contributed by atoms with van der Waals surface area (Å²) in [4.78, 5) is 34.0. The number of likely N-dealkylation sites (tertiary alicyclic amines) is 1. The van der Waals surface area contributed by atoms with Crippen LogP contribution in [0.3, 0.4) is 0 Å². The molecule has 1 aliphatic rings. The Kier molecular flexibility index (Phi) is 6.82. The van der Waals surface area contributed by atoms with Gasteiger partial charge in [0.25, 0.3) is 5.91 Å². The van der Waals surface area contributed by atoms with Gasteiger partial charge in [0.1, 0.15) is 11.9 Å². The summed E-state index contributed by atoms with van der Waals surface area (Å²) in [5.74, 6) is 1.11. The third-order valence-electron chi connectivity index (χ3n) is 6.95. The minimum absolute atomic E-state index is 0.0362. The summed E-state index contributed by atoms with van der Waals surface area (Å²) in [6.45, 7) is 6.63. The second-order valence-corrected chi connectivity index (χ2v) is 10.3. The highest BCUT2D eigenvalue weighted by Gasteiger charge is 2.38. The number of aromatic nitrogens is 6. The summed E-state index contributed by atoms with van der Waals surface area (Å²) < 4.78 is 2.33. The molecule has 0 spiro atoms. The normalized spacial score (nSPS) is 18.0. The SMILES string of the molecule is CCC(CC)n1c(Cc2cccs2)nc2cc(C(=O)N[C@H]3CC(C)N(Cc4nnn[nH]4)C3=O)ccc21. The lowest BCUT2D eigenvalue weighted by Crippen LogP contribution is -2.41. The van der Waals surface area contributed by atoms with E-state index in [0.717, 1.165) is 36.1 Å². The quantitative estimate of drug-likeness (QED) is 0.358. The minimum atomic E-state index is -0.587. The first kappa shape index (κ1) is 24.1. The molecule has 10 nitrogen and oxygen atoms in total. The Bertz CT molecular complexity index is 1340. The van der Waals surface area contributed by atoms with Gasteiger partial charge in [-0.25, -0.2) is 10.1 Å². The minimum Gasteiger partial charge on any atom is -0.340 e. The molecule has 2 N–H and O–H groups in total. The summed E-state index contributed by atoms with van der Waals surface area (Å²) in [6, 6.07) is 9.55. The van der Waals surface area contributed by atoms with E-state index in [1.807, 2.05) is 25.1 Å². The van der Waals surface area contributed by atoms with Crippen molar-refractivity contribution in [2.24, 2.45) is 0 Å². The van der Waals surface area contributed by atoms with Gasteiger partial charge in [-0.2, -0.15) is 0 Å². The average Bonchev–Trinajstić information content (AvgIpc) is 3.67. The number of nitrogens with zero attached hydrogens (tertiary/aromatic N) is 6. The molecule has 1 unspecified atom stereocenters. The molecule has 188 valence electrons. The monoisotopic (exact) mass is 506 g/mol. The number of rotatable bonds is 9. The van der Waals surface area contributed by atoms with Crippen LogP contribution in [0.25, 0.3) is 11.0 Å². The van der Waals surface area contributed by atoms with Crippen molar-refractivity contribution in [1.29, 1.82) is 0 Å². The van der Waals surface area contributed by atoms with Crippen LogP contribution >= 0.6 is 11.3 Å². The summed E-state index contributed by atoms with van der Waals surface area (Å²) in [5.41, 5.74) is 2.33. The number of carbonyl (C=O) groups excluding carboxylic acids is 2. The molecule has 4 heterocycles. The average molecular weight is 507 g/mol. The van der Waals surface area contributed by atoms with E-state index in [1.54, 1.807) is 16.2 Å². The second kappa shape index (κ2) is 10.2. The number of thiophene rings is 1. The van der Waals surface area contributed by atoms with E-state index < -0.39 is 6.04 Å². The van der Waals surface area contributed by atoms with Gasteiger partial charge in [0, 0.05) is 28.9 Å². The Morgan fingerprint density at radius 3 is 2.81 bits per heavy atom. The topological polar surface area (TPSA) is 122 Å². The number of aromatic amines is 1. The maximum atomic E-state index is 13.2. The Morgan fingerprint density at radius 2 is 2.11 bits per heavy atom. The van der Waals surface area contributed by atoms with Gasteiger partial charge < -0.3 is 14.8 Å². The largest absolute Gasteiger partial charge is 0.340 e. The molecular formula is C25H30N8O2S. The third kappa shape index (κ3) is 4.62. The molecule has 1 saturated heterocycles. The van der Waals surface area contributed by atoms with Gasteiger partial charge in [0.05, 0.1) is 17.6 Å². The number of benzene rings is 1. The molecule has 0 aliphatic carbocycles. The zero-order chi connectivity index (χ0) is 25.2. The lowest BCUT2D eigenvalue weighted by molar-refractivity contribution is -0.130. The summed E-state index contributed by atoms with van der Waals surface area (Å²) in [7, 11) is 0. The van der Waals surface area contributed by atoms with Crippen molar-refractivity contribution in [1.82, 2.24) is 40.4 Å². The smallest absolute Gasteiger partial charge is 0.252 e. The van der Waals surface area contributed by atoms with Crippen molar-refractivity contribution in [3.05, 3.63) is 57.8 Å². The summed E-state index contributed by atoms with van der Waals surface area (Å²) in [5, 5.41) is 18.7. The van der Waals surface area contributed by atoms with Crippen LogP contribution in [-0.4, -0.2) is 59.0 Å². The lowest BCUT2D eigenvalue weighted by Gasteiger charge is -2.19. The van der Waals surface area contributed by atoms with Crippen LogP contribution in [0.4, 0.5) is 0 Å². The zero-order valence-electron chi connectivity index (χ0n) is 20.6. The van der Waals surface area contributed by atoms with Crippen LogP contribution in [0.15, 0.2) is 35.7 Å². The van der Waals surface area contributed by atoms with E-state index in [1.165, 1.54) is 4.88 Å². The fourth-order valence-corrected chi connectivity index (χ4v) is 5.74. The number of carbonyl (C=O) groups is 2. The molecule has 3 aromatic heterocycles. The van der Waals surface area contributed by atoms with Crippen molar-refractivity contribution in [2.45, 2.75) is 71.1 Å². The van der Waals surface area contributed by atoms with Crippen LogP contribution in [0, 0.1) is 0 Å².